The zero-order valence-electron chi connectivity index (χ0n) is 15.4. The van der Waals surface area contributed by atoms with Gasteiger partial charge in [0.2, 0.25) is 0 Å². The van der Waals surface area contributed by atoms with E-state index in [4.69, 9.17) is 16.3 Å². The molecule has 0 aliphatic heterocycles. The second-order valence-corrected chi connectivity index (χ2v) is 7.97. The highest BCUT2D eigenvalue weighted by Gasteiger charge is 2.15. The predicted molar refractivity (Wildman–Crippen MR) is 118 cm³/mol. The minimum Gasteiger partial charge on any atom is -0.465 e. The molecule has 1 heterocycles. The molecule has 0 fully saturated rings. The Balaban J connectivity index is 1.70. The summed E-state index contributed by atoms with van der Waals surface area (Å²) < 4.78 is 9.23. The zero-order chi connectivity index (χ0) is 20.6. The van der Waals surface area contributed by atoms with E-state index in [1.165, 1.54) is 30.4 Å². The lowest BCUT2D eigenvalue weighted by Crippen LogP contribution is -2.04. The molecule has 1 aromatic heterocycles. The van der Waals surface area contributed by atoms with E-state index < -0.39 is 0 Å². The standard InChI is InChI=1S/C21H16ClN3O2S2/c1-27-21(26)17-5-3-2-4-14(17)13-28-20-18(12-23)19(29-25-20)10-11-24-16-8-6-15(22)7-9-16/h2-11,24H,13H2,1H3. The normalized spacial score (nSPS) is 10.7. The van der Waals surface area contributed by atoms with E-state index in [2.05, 4.69) is 15.8 Å². The molecule has 0 spiro atoms. The number of halogens is 1. The SMILES string of the molecule is COC(=O)c1ccccc1CSc1nsc(C=CNc2ccc(Cl)cc2)c1C#N. The molecule has 0 unspecified atom stereocenters. The molecule has 3 rings (SSSR count). The summed E-state index contributed by atoms with van der Waals surface area (Å²) in [5.74, 6) is 0.132. The van der Waals surface area contributed by atoms with Gasteiger partial charge in [0.05, 0.1) is 17.6 Å². The third-order valence-electron chi connectivity index (χ3n) is 3.91. The van der Waals surface area contributed by atoms with Crippen molar-refractivity contribution in [1.29, 1.82) is 5.26 Å². The Labute approximate surface area is 182 Å². The summed E-state index contributed by atoms with van der Waals surface area (Å²) in [7, 11) is 1.36. The number of esters is 1. The Morgan fingerprint density at radius 1 is 1.31 bits per heavy atom. The van der Waals surface area contributed by atoms with Gasteiger partial charge in [0.1, 0.15) is 16.7 Å². The lowest BCUT2D eigenvalue weighted by molar-refractivity contribution is 0.0600. The zero-order valence-corrected chi connectivity index (χ0v) is 17.8. The molecule has 146 valence electrons. The average molecular weight is 442 g/mol. The van der Waals surface area contributed by atoms with Crippen molar-refractivity contribution in [3.05, 3.63) is 81.3 Å². The van der Waals surface area contributed by atoms with Crippen molar-refractivity contribution in [2.24, 2.45) is 0 Å². The highest BCUT2D eigenvalue weighted by Crippen LogP contribution is 2.31. The fourth-order valence-corrected chi connectivity index (χ4v) is 4.46. The Hall–Kier alpha value is -2.79. The number of nitrogens with zero attached hydrogens (tertiary/aromatic N) is 2. The Bertz CT molecular complexity index is 1070. The van der Waals surface area contributed by atoms with Crippen LogP contribution in [0.15, 0.2) is 59.8 Å². The van der Waals surface area contributed by atoms with Crippen LogP contribution in [0, 0.1) is 11.3 Å². The maximum Gasteiger partial charge on any atom is 0.338 e. The van der Waals surface area contributed by atoms with E-state index in [0.29, 0.717) is 26.9 Å². The second kappa shape index (κ2) is 10.1. The van der Waals surface area contributed by atoms with Crippen molar-refractivity contribution < 1.29 is 9.53 Å². The summed E-state index contributed by atoms with van der Waals surface area (Å²) in [6.07, 6.45) is 3.58. The molecular formula is C21H16ClN3O2S2. The van der Waals surface area contributed by atoms with E-state index in [9.17, 15) is 10.1 Å². The number of nitrogens with one attached hydrogen (secondary N) is 1. The van der Waals surface area contributed by atoms with Crippen molar-refractivity contribution in [3.63, 3.8) is 0 Å². The highest BCUT2D eigenvalue weighted by molar-refractivity contribution is 7.98. The van der Waals surface area contributed by atoms with Crippen molar-refractivity contribution >= 4 is 52.6 Å². The average Bonchev–Trinajstić information content (AvgIpc) is 3.15. The minimum atomic E-state index is -0.378. The van der Waals surface area contributed by atoms with E-state index >= 15 is 0 Å². The van der Waals surface area contributed by atoms with Crippen LogP contribution in [-0.2, 0) is 10.5 Å². The van der Waals surface area contributed by atoms with Crippen molar-refractivity contribution in [3.8, 4) is 6.07 Å². The van der Waals surface area contributed by atoms with Gasteiger partial charge in [-0.1, -0.05) is 41.6 Å². The topological polar surface area (TPSA) is 75.0 Å². The van der Waals surface area contributed by atoms with Crippen molar-refractivity contribution in [2.45, 2.75) is 10.8 Å². The molecule has 3 aromatic rings. The highest BCUT2D eigenvalue weighted by atomic mass is 35.5. The summed E-state index contributed by atoms with van der Waals surface area (Å²) in [5.41, 5.74) is 2.76. The first-order valence-corrected chi connectivity index (χ1v) is 10.6. The van der Waals surface area contributed by atoms with E-state index in [0.717, 1.165) is 16.1 Å². The molecule has 0 atom stereocenters. The molecule has 8 heteroatoms. The van der Waals surface area contributed by atoms with E-state index in [-0.39, 0.29) is 5.97 Å². The molecule has 0 radical (unpaired) electrons. The second-order valence-electron chi connectivity index (χ2n) is 5.76. The quantitative estimate of drug-likeness (QED) is 0.367. The number of rotatable bonds is 7. The molecule has 1 N–H and O–H groups in total. The third kappa shape index (κ3) is 5.39. The summed E-state index contributed by atoms with van der Waals surface area (Å²) in [6, 6.07) is 16.8. The molecule has 0 saturated heterocycles. The van der Waals surface area contributed by atoms with Crippen LogP contribution in [0.3, 0.4) is 0 Å². The number of carbonyl (C=O) groups excluding carboxylic acids is 1. The lowest BCUT2D eigenvalue weighted by atomic mass is 10.1. The first kappa shape index (κ1) is 20.9. The van der Waals surface area contributed by atoms with E-state index in [1.54, 1.807) is 30.5 Å². The molecule has 0 saturated carbocycles. The van der Waals surface area contributed by atoms with Crippen LogP contribution in [0.1, 0.15) is 26.4 Å². The van der Waals surface area contributed by atoms with Crippen LogP contribution < -0.4 is 5.32 Å². The number of nitriles is 1. The van der Waals surface area contributed by atoms with Crippen LogP contribution >= 0.6 is 34.9 Å². The lowest BCUT2D eigenvalue weighted by Gasteiger charge is -2.06. The molecular weight excluding hydrogens is 426 g/mol. The Morgan fingerprint density at radius 3 is 2.79 bits per heavy atom. The van der Waals surface area contributed by atoms with Gasteiger partial charge in [-0.25, -0.2) is 4.79 Å². The maximum absolute atomic E-state index is 11.9. The smallest absolute Gasteiger partial charge is 0.338 e. The van der Waals surface area contributed by atoms with Crippen LogP contribution in [0.2, 0.25) is 5.02 Å². The van der Waals surface area contributed by atoms with Gasteiger partial charge in [-0.2, -0.15) is 9.64 Å². The first-order valence-electron chi connectivity index (χ1n) is 8.50. The fraction of sp³-hybridized carbons (Fsp3) is 0.0952. The van der Waals surface area contributed by atoms with Gasteiger partial charge in [-0.3, -0.25) is 0 Å². The van der Waals surface area contributed by atoms with Gasteiger partial charge in [-0.15, -0.1) is 0 Å². The van der Waals surface area contributed by atoms with Gasteiger partial charge in [0.15, 0.2) is 0 Å². The number of carbonyl (C=O) groups is 1. The molecule has 0 bridgehead atoms. The summed E-state index contributed by atoms with van der Waals surface area (Å²) in [6.45, 7) is 0. The number of anilines is 1. The number of aromatic nitrogens is 1. The maximum atomic E-state index is 11.9. The largest absolute Gasteiger partial charge is 0.465 e. The van der Waals surface area contributed by atoms with Crippen LogP contribution in [-0.4, -0.2) is 17.5 Å². The number of thioether (sulfide) groups is 1. The van der Waals surface area contributed by atoms with Gasteiger partial charge in [-0.05, 0) is 53.5 Å². The van der Waals surface area contributed by atoms with Crippen LogP contribution in [0.25, 0.3) is 6.08 Å². The number of hydrogen-bond donors (Lipinski definition) is 1. The fourth-order valence-electron chi connectivity index (χ4n) is 2.46. The number of hydrogen-bond acceptors (Lipinski definition) is 7. The van der Waals surface area contributed by atoms with Crippen molar-refractivity contribution in [2.75, 3.05) is 12.4 Å². The van der Waals surface area contributed by atoms with Crippen LogP contribution in [0.5, 0.6) is 0 Å². The van der Waals surface area contributed by atoms with Gasteiger partial charge in [0, 0.05) is 22.7 Å². The molecule has 5 nitrogen and oxygen atoms in total. The molecule has 0 amide bonds. The number of benzene rings is 2. The minimum absolute atomic E-state index is 0.378. The van der Waals surface area contributed by atoms with Gasteiger partial charge in [0.25, 0.3) is 0 Å². The van der Waals surface area contributed by atoms with Crippen LogP contribution in [0.4, 0.5) is 5.69 Å². The Kier molecular flexibility index (Phi) is 7.30. The van der Waals surface area contributed by atoms with Gasteiger partial charge < -0.3 is 10.1 Å². The predicted octanol–water partition coefficient (Wildman–Crippen LogP) is 5.83. The molecule has 29 heavy (non-hydrogen) atoms. The summed E-state index contributed by atoms with van der Waals surface area (Å²) in [5, 5.41) is 14.0. The van der Waals surface area contributed by atoms with E-state index in [1.807, 2.05) is 30.3 Å². The first-order chi connectivity index (χ1) is 14.1. The summed E-state index contributed by atoms with van der Waals surface area (Å²) in [4.78, 5) is 12.7. The molecule has 2 aromatic carbocycles. The number of ether oxygens (including phenoxy) is 1. The third-order valence-corrected chi connectivity index (χ3v) is 6.12. The van der Waals surface area contributed by atoms with Gasteiger partial charge >= 0.3 is 5.97 Å². The summed E-state index contributed by atoms with van der Waals surface area (Å²) >= 11 is 8.55. The molecule has 0 aliphatic rings. The number of methoxy groups -OCH3 is 1. The monoisotopic (exact) mass is 441 g/mol. The Morgan fingerprint density at radius 2 is 2.07 bits per heavy atom. The molecule has 0 aliphatic carbocycles. The van der Waals surface area contributed by atoms with Crippen molar-refractivity contribution in [1.82, 2.24) is 4.37 Å².